The molecule has 0 aromatic heterocycles. The second-order valence-electron chi connectivity index (χ2n) is 6.99. The first-order valence-corrected chi connectivity index (χ1v) is 10.8. The van der Waals surface area contributed by atoms with E-state index in [4.69, 9.17) is 0 Å². The molecule has 1 heterocycles. The van der Waals surface area contributed by atoms with Gasteiger partial charge in [0.05, 0.1) is 0 Å². The van der Waals surface area contributed by atoms with Gasteiger partial charge in [0.2, 0.25) is 0 Å². The van der Waals surface area contributed by atoms with Gasteiger partial charge in [0, 0.05) is 32.2 Å². The molecule has 11 heteroatoms. The maximum absolute atomic E-state index is 12.6. The number of hydrogen-bond acceptors (Lipinski definition) is 3. The number of alkyl halides is 3. The highest BCUT2D eigenvalue weighted by Gasteiger charge is 2.50. The highest BCUT2D eigenvalue weighted by atomic mass is 127. The number of sulfonamides is 1. The minimum Gasteiger partial charge on any atom is -0.357 e. The number of guanidine groups is 1. The Morgan fingerprint density at radius 1 is 1.11 bits per heavy atom. The number of hydrogen-bond donors (Lipinski definition) is 2. The van der Waals surface area contributed by atoms with Crippen molar-refractivity contribution in [2.75, 3.05) is 26.2 Å². The average molecular weight is 526 g/mol. The number of rotatable bonds is 5. The zero-order valence-corrected chi connectivity index (χ0v) is 18.7. The Bertz CT molecular complexity index is 573. The summed E-state index contributed by atoms with van der Waals surface area (Å²) in [6.07, 6.45) is 6.72. The summed E-state index contributed by atoms with van der Waals surface area (Å²) >= 11 is 0. The van der Waals surface area contributed by atoms with E-state index in [9.17, 15) is 21.6 Å². The number of halogens is 4. The Labute approximate surface area is 176 Å². The molecule has 0 bridgehead atoms. The smallest absolute Gasteiger partial charge is 0.357 e. The summed E-state index contributed by atoms with van der Waals surface area (Å²) in [5.74, 6) is 0.834. The van der Waals surface area contributed by atoms with E-state index in [-0.39, 0.29) is 43.0 Å². The van der Waals surface area contributed by atoms with Gasteiger partial charge in [-0.05, 0) is 38.5 Å². The van der Waals surface area contributed by atoms with Gasteiger partial charge in [-0.1, -0.05) is 19.3 Å². The number of nitrogens with zero attached hydrogens (tertiary/aromatic N) is 2. The van der Waals surface area contributed by atoms with Crippen LogP contribution in [0, 0.1) is 5.92 Å². The Kier molecular flexibility index (Phi) is 10.1. The Morgan fingerprint density at radius 2 is 1.70 bits per heavy atom. The summed E-state index contributed by atoms with van der Waals surface area (Å²) < 4.78 is 61.2. The van der Waals surface area contributed by atoms with Crippen molar-refractivity contribution in [1.82, 2.24) is 14.9 Å². The highest BCUT2D eigenvalue weighted by molar-refractivity contribution is 14.0. The minimum absolute atomic E-state index is 0. The fourth-order valence-electron chi connectivity index (χ4n) is 3.46. The number of nitrogens with one attached hydrogen (secondary N) is 2. The lowest BCUT2D eigenvalue weighted by Crippen LogP contribution is -2.46. The van der Waals surface area contributed by atoms with Crippen molar-refractivity contribution in [3.63, 3.8) is 0 Å². The van der Waals surface area contributed by atoms with E-state index in [1.165, 1.54) is 19.3 Å². The first-order valence-electron chi connectivity index (χ1n) is 9.35. The Morgan fingerprint density at radius 3 is 2.22 bits per heavy atom. The maximum Gasteiger partial charge on any atom is 0.511 e. The summed E-state index contributed by atoms with van der Waals surface area (Å²) in [6.45, 7) is 3.00. The summed E-state index contributed by atoms with van der Waals surface area (Å²) in [6, 6.07) is 0.417. The van der Waals surface area contributed by atoms with Crippen LogP contribution in [0.5, 0.6) is 0 Å². The fourth-order valence-corrected chi connectivity index (χ4v) is 4.44. The normalized spacial score (nSPS) is 21.6. The first kappa shape index (κ1) is 24.7. The van der Waals surface area contributed by atoms with Gasteiger partial charge >= 0.3 is 15.5 Å². The monoisotopic (exact) mass is 526 g/mol. The molecule has 2 N–H and O–H groups in total. The second-order valence-corrected chi connectivity index (χ2v) is 8.92. The van der Waals surface area contributed by atoms with Gasteiger partial charge in [0.1, 0.15) is 0 Å². The molecule has 27 heavy (non-hydrogen) atoms. The van der Waals surface area contributed by atoms with Crippen molar-refractivity contribution in [2.45, 2.75) is 63.4 Å². The highest BCUT2D eigenvalue weighted by Crippen LogP contribution is 2.30. The Balaban J connectivity index is 0.00000364. The van der Waals surface area contributed by atoms with Crippen LogP contribution in [0.25, 0.3) is 0 Å². The van der Waals surface area contributed by atoms with Gasteiger partial charge in [0.25, 0.3) is 0 Å². The lowest BCUT2D eigenvalue weighted by Gasteiger charge is -2.31. The number of piperidine rings is 1. The zero-order valence-electron chi connectivity index (χ0n) is 15.6. The molecule has 2 aliphatic rings. The summed E-state index contributed by atoms with van der Waals surface area (Å²) in [4.78, 5) is 4.57. The fraction of sp³-hybridized carbons (Fsp3) is 0.938. The lowest BCUT2D eigenvalue weighted by atomic mass is 9.96. The standard InChI is InChI=1S/C16H29F3N4O2S.HI/c1-2-20-15(22-14-6-4-3-5-7-14)21-12-13-8-10-23(11-9-13)26(24,25)16(17,18)19;/h13-14H,2-12H2,1H3,(H2,20,21,22);1H. The predicted octanol–water partition coefficient (Wildman–Crippen LogP) is 3.05. The van der Waals surface area contributed by atoms with E-state index in [1.807, 2.05) is 6.92 Å². The van der Waals surface area contributed by atoms with Crippen LogP contribution in [0.3, 0.4) is 0 Å². The van der Waals surface area contributed by atoms with Crippen LogP contribution in [0.2, 0.25) is 0 Å². The van der Waals surface area contributed by atoms with E-state index in [1.54, 1.807) is 0 Å². The van der Waals surface area contributed by atoms with Crippen LogP contribution < -0.4 is 10.6 Å². The van der Waals surface area contributed by atoms with Crippen LogP contribution in [0.4, 0.5) is 13.2 Å². The molecule has 160 valence electrons. The van der Waals surface area contributed by atoms with Gasteiger partial charge in [0.15, 0.2) is 5.96 Å². The molecule has 1 aliphatic heterocycles. The molecular formula is C16H30F3IN4O2S. The van der Waals surface area contributed by atoms with Crippen LogP contribution in [0.1, 0.15) is 51.9 Å². The van der Waals surface area contributed by atoms with Crippen molar-refractivity contribution < 1.29 is 21.6 Å². The summed E-state index contributed by atoms with van der Waals surface area (Å²) in [5, 5.41) is 6.64. The van der Waals surface area contributed by atoms with Gasteiger partial charge in [-0.15, -0.1) is 24.0 Å². The van der Waals surface area contributed by atoms with Crippen molar-refractivity contribution in [3.05, 3.63) is 0 Å². The molecule has 1 saturated carbocycles. The molecular weight excluding hydrogens is 496 g/mol. The molecule has 2 fully saturated rings. The molecule has 0 aromatic carbocycles. The van der Waals surface area contributed by atoms with Crippen molar-refractivity contribution >= 4 is 40.0 Å². The van der Waals surface area contributed by atoms with Crippen molar-refractivity contribution in [2.24, 2.45) is 10.9 Å². The van der Waals surface area contributed by atoms with E-state index in [0.717, 1.165) is 25.3 Å². The molecule has 0 aromatic rings. The third kappa shape index (κ3) is 7.22. The van der Waals surface area contributed by atoms with E-state index in [2.05, 4.69) is 15.6 Å². The summed E-state index contributed by atoms with van der Waals surface area (Å²) in [5.41, 5.74) is -5.22. The Hall–Kier alpha value is -0.300. The SMILES string of the molecule is CCNC(=NCC1CCN(S(=O)(=O)C(F)(F)F)CC1)NC1CCCCC1.I. The van der Waals surface area contributed by atoms with Gasteiger partial charge in [-0.25, -0.2) is 8.42 Å². The quantitative estimate of drug-likeness (QED) is 0.328. The molecule has 0 amide bonds. The van der Waals surface area contributed by atoms with E-state index >= 15 is 0 Å². The largest absolute Gasteiger partial charge is 0.511 e. The topological polar surface area (TPSA) is 73.8 Å². The van der Waals surface area contributed by atoms with Gasteiger partial charge in [-0.2, -0.15) is 17.5 Å². The molecule has 6 nitrogen and oxygen atoms in total. The first-order chi connectivity index (χ1) is 12.2. The van der Waals surface area contributed by atoms with Crippen LogP contribution in [-0.2, 0) is 10.0 Å². The maximum atomic E-state index is 12.6. The van der Waals surface area contributed by atoms with Crippen LogP contribution in [0.15, 0.2) is 4.99 Å². The molecule has 0 atom stereocenters. The number of aliphatic imine (C=N–C) groups is 1. The third-order valence-electron chi connectivity index (χ3n) is 5.00. The summed E-state index contributed by atoms with van der Waals surface area (Å²) in [7, 11) is -5.21. The molecule has 1 aliphatic carbocycles. The van der Waals surface area contributed by atoms with Crippen LogP contribution >= 0.6 is 24.0 Å². The molecule has 1 saturated heterocycles. The lowest BCUT2D eigenvalue weighted by molar-refractivity contribution is -0.0496. The van der Waals surface area contributed by atoms with Crippen molar-refractivity contribution in [1.29, 1.82) is 0 Å². The van der Waals surface area contributed by atoms with Gasteiger partial charge in [-0.3, -0.25) is 4.99 Å². The van der Waals surface area contributed by atoms with Crippen LogP contribution in [-0.4, -0.2) is 56.4 Å². The van der Waals surface area contributed by atoms with Gasteiger partial charge < -0.3 is 10.6 Å². The zero-order chi connectivity index (χ0) is 19.2. The molecule has 0 radical (unpaired) electrons. The predicted molar refractivity (Wildman–Crippen MR) is 111 cm³/mol. The molecule has 0 unspecified atom stereocenters. The van der Waals surface area contributed by atoms with E-state index in [0.29, 0.717) is 29.7 Å². The average Bonchev–Trinajstić information content (AvgIpc) is 2.60. The minimum atomic E-state index is -5.22. The van der Waals surface area contributed by atoms with E-state index < -0.39 is 15.5 Å². The molecule has 2 rings (SSSR count). The second kappa shape index (κ2) is 11.0. The molecule has 0 spiro atoms. The third-order valence-corrected chi connectivity index (χ3v) is 6.63. The van der Waals surface area contributed by atoms with Crippen molar-refractivity contribution in [3.8, 4) is 0 Å².